The Hall–Kier alpha value is -0.120. The Morgan fingerprint density at radius 2 is 2.14 bits per heavy atom. The van der Waals surface area contributed by atoms with Crippen LogP contribution in [0.5, 0.6) is 0 Å². The third-order valence-electron chi connectivity index (χ3n) is 3.09. The molecule has 0 aromatic rings. The first-order valence-corrected chi connectivity index (χ1v) is 5.64. The molecule has 0 aromatic carbocycles. The van der Waals surface area contributed by atoms with Crippen LogP contribution in [0.15, 0.2) is 0 Å². The van der Waals surface area contributed by atoms with Crippen molar-refractivity contribution in [3.63, 3.8) is 0 Å². The van der Waals surface area contributed by atoms with E-state index >= 15 is 0 Å². The highest BCUT2D eigenvalue weighted by atomic mass is 16.5. The molecular formula is C11H24N2O. The quantitative estimate of drug-likeness (QED) is 0.653. The Labute approximate surface area is 87.6 Å². The number of rotatable bonds is 5. The van der Waals surface area contributed by atoms with Crippen molar-refractivity contribution >= 4 is 0 Å². The van der Waals surface area contributed by atoms with Crippen LogP contribution < -0.4 is 10.6 Å². The van der Waals surface area contributed by atoms with Gasteiger partial charge in [0.1, 0.15) is 0 Å². The van der Waals surface area contributed by atoms with E-state index < -0.39 is 0 Å². The number of hydrogen-bond donors (Lipinski definition) is 2. The Bertz CT molecular complexity index is 173. The maximum absolute atomic E-state index is 5.56. The van der Waals surface area contributed by atoms with E-state index in [1.807, 2.05) is 0 Å². The molecule has 3 nitrogen and oxygen atoms in total. The Kier molecular flexibility index (Phi) is 4.35. The average molecular weight is 200 g/mol. The summed E-state index contributed by atoms with van der Waals surface area (Å²) >= 11 is 0. The number of ether oxygens (including phenoxy) is 1. The molecule has 2 unspecified atom stereocenters. The van der Waals surface area contributed by atoms with Crippen molar-refractivity contribution in [3.8, 4) is 0 Å². The van der Waals surface area contributed by atoms with Gasteiger partial charge < -0.3 is 15.4 Å². The van der Waals surface area contributed by atoms with Gasteiger partial charge in [-0.15, -0.1) is 0 Å². The third kappa shape index (κ3) is 3.23. The van der Waals surface area contributed by atoms with Gasteiger partial charge in [0.05, 0.1) is 6.10 Å². The van der Waals surface area contributed by atoms with Crippen molar-refractivity contribution in [2.45, 2.75) is 51.8 Å². The molecule has 0 aromatic heterocycles. The van der Waals surface area contributed by atoms with Crippen LogP contribution >= 0.6 is 0 Å². The van der Waals surface area contributed by atoms with Crippen LogP contribution in [-0.2, 0) is 4.74 Å². The predicted octanol–water partition coefficient (Wildman–Crippen LogP) is 1.14. The molecule has 2 N–H and O–H groups in total. The topological polar surface area (TPSA) is 33.3 Å². The fourth-order valence-electron chi connectivity index (χ4n) is 1.78. The monoisotopic (exact) mass is 200 g/mol. The Morgan fingerprint density at radius 1 is 1.43 bits per heavy atom. The maximum Gasteiger partial charge on any atom is 0.0726 e. The molecule has 0 aliphatic carbocycles. The molecule has 0 spiro atoms. The van der Waals surface area contributed by atoms with E-state index in [1.165, 1.54) is 0 Å². The normalized spacial score (nSPS) is 32.8. The minimum absolute atomic E-state index is 0.179. The molecule has 1 heterocycles. The van der Waals surface area contributed by atoms with Crippen LogP contribution in [0.2, 0.25) is 0 Å². The highest BCUT2D eigenvalue weighted by Crippen LogP contribution is 2.24. The lowest BCUT2D eigenvalue weighted by Crippen LogP contribution is -2.50. The molecule has 0 saturated carbocycles. The average Bonchev–Trinajstić information content (AvgIpc) is 2.42. The predicted molar refractivity (Wildman–Crippen MR) is 59.6 cm³/mol. The fraction of sp³-hybridized carbons (Fsp3) is 1.00. The first kappa shape index (κ1) is 12.0. The van der Waals surface area contributed by atoms with Crippen molar-refractivity contribution in [2.75, 3.05) is 19.7 Å². The van der Waals surface area contributed by atoms with Crippen LogP contribution in [0.25, 0.3) is 0 Å². The van der Waals surface area contributed by atoms with Crippen LogP contribution in [0.1, 0.15) is 34.1 Å². The molecule has 3 heteroatoms. The second-order valence-corrected chi connectivity index (χ2v) is 4.72. The molecule has 0 bridgehead atoms. The highest BCUT2D eigenvalue weighted by Gasteiger charge is 2.35. The third-order valence-corrected chi connectivity index (χ3v) is 3.09. The zero-order valence-corrected chi connectivity index (χ0v) is 9.89. The first-order valence-electron chi connectivity index (χ1n) is 5.64. The SMILES string of the molecule is CC(C)NCCNC1(C)CCOC1C. The molecular weight excluding hydrogens is 176 g/mol. The van der Waals surface area contributed by atoms with Gasteiger partial charge in [0.25, 0.3) is 0 Å². The summed E-state index contributed by atoms with van der Waals surface area (Å²) in [4.78, 5) is 0. The summed E-state index contributed by atoms with van der Waals surface area (Å²) in [6, 6.07) is 0.571. The molecule has 2 atom stereocenters. The highest BCUT2D eigenvalue weighted by molar-refractivity contribution is 4.93. The van der Waals surface area contributed by atoms with E-state index in [0.717, 1.165) is 26.1 Å². The molecule has 1 aliphatic rings. The smallest absolute Gasteiger partial charge is 0.0726 e. The van der Waals surface area contributed by atoms with E-state index in [2.05, 4.69) is 38.3 Å². The van der Waals surface area contributed by atoms with Gasteiger partial charge in [-0.2, -0.15) is 0 Å². The van der Waals surface area contributed by atoms with Crippen molar-refractivity contribution in [1.82, 2.24) is 10.6 Å². The Balaban J connectivity index is 2.17. The van der Waals surface area contributed by atoms with Crippen LogP contribution in [-0.4, -0.2) is 37.4 Å². The first-order chi connectivity index (χ1) is 6.54. The molecule has 0 amide bonds. The van der Waals surface area contributed by atoms with Gasteiger partial charge in [-0.3, -0.25) is 0 Å². The van der Waals surface area contributed by atoms with Crippen molar-refractivity contribution in [2.24, 2.45) is 0 Å². The van der Waals surface area contributed by atoms with Crippen LogP contribution in [0.3, 0.4) is 0 Å². The summed E-state index contributed by atoms with van der Waals surface area (Å²) in [6.45, 7) is 11.7. The van der Waals surface area contributed by atoms with Gasteiger partial charge >= 0.3 is 0 Å². The van der Waals surface area contributed by atoms with Crippen LogP contribution in [0, 0.1) is 0 Å². The zero-order valence-electron chi connectivity index (χ0n) is 9.89. The molecule has 0 radical (unpaired) electrons. The van der Waals surface area contributed by atoms with E-state index in [0.29, 0.717) is 12.1 Å². The summed E-state index contributed by atoms with van der Waals surface area (Å²) in [5.41, 5.74) is 0.179. The molecule has 1 fully saturated rings. The molecule has 1 rings (SSSR count). The second-order valence-electron chi connectivity index (χ2n) is 4.72. The van der Waals surface area contributed by atoms with E-state index in [1.54, 1.807) is 0 Å². The van der Waals surface area contributed by atoms with Gasteiger partial charge in [0, 0.05) is 31.3 Å². The van der Waals surface area contributed by atoms with Gasteiger partial charge in [-0.25, -0.2) is 0 Å². The molecule has 1 aliphatic heterocycles. The van der Waals surface area contributed by atoms with Gasteiger partial charge in [0.2, 0.25) is 0 Å². The molecule has 84 valence electrons. The lowest BCUT2D eigenvalue weighted by Gasteiger charge is -2.29. The number of nitrogens with one attached hydrogen (secondary N) is 2. The van der Waals surface area contributed by atoms with Gasteiger partial charge in [0.15, 0.2) is 0 Å². The minimum Gasteiger partial charge on any atom is -0.377 e. The summed E-state index contributed by atoms with van der Waals surface area (Å²) in [5, 5.41) is 6.97. The van der Waals surface area contributed by atoms with Gasteiger partial charge in [-0.05, 0) is 20.3 Å². The van der Waals surface area contributed by atoms with Crippen LogP contribution in [0.4, 0.5) is 0 Å². The number of hydrogen-bond acceptors (Lipinski definition) is 3. The van der Waals surface area contributed by atoms with Gasteiger partial charge in [-0.1, -0.05) is 13.8 Å². The Morgan fingerprint density at radius 3 is 2.64 bits per heavy atom. The second kappa shape index (κ2) is 5.10. The van der Waals surface area contributed by atoms with Crippen molar-refractivity contribution in [1.29, 1.82) is 0 Å². The van der Waals surface area contributed by atoms with Crippen molar-refractivity contribution in [3.05, 3.63) is 0 Å². The van der Waals surface area contributed by atoms with E-state index in [9.17, 15) is 0 Å². The zero-order chi connectivity index (χ0) is 10.6. The fourth-order valence-corrected chi connectivity index (χ4v) is 1.78. The van der Waals surface area contributed by atoms with E-state index in [4.69, 9.17) is 4.74 Å². The minimum atomic E-state index is 0.179. The summed E-state index contributed by atoms with van der Waals surface area (Å²) in [5.74, 6) is 0. The van der Waals surface area contributed by atoms with E-state index in [-0.39, 0.29) is 5.54 Å². The lowest BCUT2D eigenvalue weighted by molar-refractivity contribution is 0.0889. The largest absolute Gasteiger partial charge is 0.377 e. The standard InChI is InChI=1S/C11H24N2O/c1-9(2)12-6-7-13-11(4)5-8-14-10(11)3/h9-10,12-13H,5-8H2,1-4H3. The maximum atomic E-state index is 5.56. The molecule has 14 heavy (non-hydrogen) atoms. The summed E-state index contributed by atoms with van der Waals surface area (Å²) < 4.78 is 5.56. The summed E-state index contributed by atoms with van der Waals surface area (Å²) in [7, 11) is 0. The summed E-state index contributed by atoms with van der Waals surface area (Å²) in [6.07, 6.45) is 1.46. The molecule has 1 saturated heterocycles. The van der Waals surface area contributed by atoms with Crippen molar-refractivity contribution < 1.29 is 4.74 Å². The lowest BCUT2D eigenvalue weighted by atomic mass is 9.95.